The van der Waals surface area contributed by atoms with Crippen LogP contribution in [0.25, 0.3) is 33.0 Å². The minimum atomic E-state index is -0.514. The summed E-state index contributed by atoms with van der Waals surface area (Å²) in [5, 5.41) is 4.36. The number of hydrogen-bond donors (Lipinski definition) is 0. The summed E-state index contributed by atoms with van der Waals surface area (Å²) in [4.78, 5) is 0. The van der Waals surface area contributed by atoms with Crippen molar-refractivity contribution in [3.63, 3.8) is 0 Å². The van der Waals surface area contributed by atoms with E-state index in [1.54, 1.807) is 5.17 Å². The van der Waals surface area contributed by atoms with Crippen molar-refractivity contribution >= 4 is 47.4 Å². The van der Waals surface area contributed by atoms with E-state index in [0.29, 0.717) is 0 Å². The third-order valence-electron chi connectivity index (χ3n) is 7.98. The van der Waals surface area contributed by atoms with Gasteiger partial charge in [-0.2, -0.15) is 11.6 Å². The summed E-state index contributed by atoms with van der Waals surface area (Å²) < 4.78 is 0. The van der Waals surface area contributed by atoms with E-state index < -0.39 is 8.41 Å². The summed E-state index contributed by atoms with van der Waals surface area (Å²) in [5.74, 6) is 0. The van der Waals surface area contributed by atoms with Gasteiger partial charge in [-0.25, -0.2) is 0 Å². The molecule has 0 aromatic heterocycles. The molecule has 5 aromatic rings. The predicted molar refractivity (Wildman–Crippen MR) is 188 cm³/mol. The molecule has 0 N–H and O–H groups in total. The van der Waals surface area contributed by atoms with Gasteiger partial charge in [-0.3, -0.25) is 0 Å². The molecule has 42 heavy (non-hydrogen) atoms. The van der Waals surface area contributed by atoms with Crippen molar-refractivity contribution in [1.29, 1.82) is 0 Å². The van der Waals surface area contributed by atoms with Crippen LogP contribution in [0.2, 0.25) is 13.1 Å². The van der Waals surface area contributed by atoms with Crippen molar-refractivity contribution in [2.45, 2.75) is 65.5 Å². The number of rotatable bonds is 8. The summed E-state index contributed by atoms with van der Waals surface area (Å²) >= 11 is 0. The zero-order valence-corrected chi connectivity index (χ0v) is 28.3. The molecule has 0 nitrogen and oxygen atoms in total. The maximum Gasteiger partial charge on any atom is 2.00 e. The zero-order chi connectivity index (χ0) is 28.6. The molecule has 6 rings (SSSR count). The van der Waals surface area contributed by atoms with Crippen molar-refractivity contribution in [3.05, 3.63) is 138 Å². The second kappa shape index (κ2) is 15.5. The first-order chi connectivity index (χ1) is 20.1. The fraction of sp³-hybridized carbons (Fsp3) is 0.250. The normalized spacial score (nSPS) is 11.8. The molecule has 1 aliphatic rings. The number of benzene rings is 4. The molecule has 208 valence electrons. The van der Waals surface area contributed by atoms with Gasteiger partial charge >= 0.3 is 23.1 Å². The van der Waals surface area contributed by atoms with Gasteiger partial charge in [-0.15, -0.1) is 69.0 Å². The van der Waals surface area contributed by atoms with Gasteiger partial charge in [0, 0.05) is 0 Å². The SMILES string of the molecule is CCCCC1=[C-]c2cccc(-c3ccccc3)c2C1=[Si](C)C.CCCCc1cc2c(-c3ccccc3)cccc2[cH-]1.[Mg+2]. The molecule has 0 spiro atoms. The Morgan fingerprint density at radius 2 is 1.26 bits per heavy atom. The Kier molecular flexibility index (Phi) is 11.8. The standard InChI is InChI=1S/C21H23Si.C19H19.Mg/c1-4-5-10-18-15-17-13-9-14-19(16-11-7-6-8-12-16)20(17)21(18)22(2)3;1-2-3-8-15-13-17-11-7-12-18(19(17)14-15)16-9-5-4-6-10-16;/h6-9,11-14H,4-5,10H2,1-3H3;4-7,9-14H,2-3,8H2,1H3;/q2*-1;+2. The molecule has 1 aliphatic carbocycles. The summed E-state index contributed by atoms with van der Waals surface area (Å²) in [5.41, 5.74) is 11.0. The van der Waals surface area contributed by atoms with Crippen LogP contribution in [0.1, 0.15) is 62.6 Å². The molecule has 0 aliphatic heterocycles. The van der Waals surface area contributed by atoms with Gasteiger partial charge < -0.3 is 0 Å². The monoisotopic (exact) mass is 574 g/mol. The third-order valence-corrected chi connectivity index (χ3v) is 9.53. The van der Waals surface area contributed by atoms with E-state index in [-0.39, 0.29) is 23.1 Å². The van der Waals surface area contributed by atoms with E-state index in [9.17, 15) is 0 Å². The molecule has 0 bridgehead atoms. The number of unbranched alkanes of at least 4 members (excludes halogenated alkanes) is 2. The van der Waals surface area contributed by atoms with Gasteiger partial charge in [0.05, 0.1) is 0 Å². The number of hydrogen-bond acceptors (Lipinski definition) is 0. The Morgan fingerprint density at radius 3 is 1.90 bits per heavy atom. The summed E-state index contributed by atoms with van der Waals surface area (Å²) in [6, 6.07) is 39.4. The van der Waals surface area contributed by atoms with Crippen LogP contribution in [-0.4, -0.2) is 36.6 Å². The van der Waals surface area contributed by atoms with Gasteiger partial charge in [0.25, 0.3) is 0 Å². The third kappa shape index (κ3) is 7.34. The first-order valence-electron chi connectivity index (χ1n) is 15.3. The van der Waals surface area contributed by atoms with Crippen LogP contribution in [0.15, 0.2) is 115 Å². The van der Waals surface area contributed by atoms with Gasteiger partial charge in [-0.05, 0) is 32.4 Å². The molecule has 0 saturated carbocycles. The van der Waals surface area contributed by atoms with Crippen LogP contribution in [-0.2, 0) is 6.42 Å². The maximum atomic E-state index is 3.72. The Bertz CT molecular complexity index is 1650. The van der Waals surface area contributed by atoms with Crippen LogP contribution >= 0.6 is 0 Å². The quantitative estimate of drug-likeness (QED) is 0.128. The summed E-state index contributed by atoms with van der Waals surface area (Å²) in [7, 11) is -0.514. The van der Waals surface area contributed by atoms with Gasteiger partial charge in [-0.1, -0.05) is 137 Å². The van der Waals surface area contributed by atoms with Gasteiger partial charge in [0.2, 0.25) is 0 Å². The largest absolute Gasteiger partial charge is 2.00 e. The van der Waals surface area contributed by atoms with E-state index in [2.05, 4.69) is 142 Å². The number of fused-ring (bicyclic) bond motifs is 2. The van der Waals surface area contributed by atoms with E-state index in [1.165, 1.54) is 93.8 Å². The Hall–Kier alpha value is -2.92. The summed E-state index contributed by atoms with van der Waals surface area (Å²) in [6.07, 6.45) is 11.1. The predicted octanol–water partition coefficient (Wildman–Crippen LogP) is 10.7. The zero-order valence-electron chi connectivity index (χ0n) is 25.8. The molecule has 0 unspecified atom stereocenters. The van der Waals surface area contributed by atoms with Crippen molar-refractivity contribution in [2.24, 2.45) is 0 Å². The molecular weight excluding hydrogens is 533 g/mol. The average molecular weight is 575 g/mol. The van der Waals surface area contributed by atoms with Crippen molar-refractivity contribution in [2.75, 3.05) is 0 Å². The topological polar surface area (TPSA) is 0 Å². The van der Waals surface area contributed by atoms with E-state index in [1.807, 2.05) is 0 Å². The van der Waals surface area contributed by atoms with E-state index in [4.69, 9.17) is 0 Å². The molecule has 5 aromatic carbocycles. The van der Waals surface area contributed by atoms with Crippen LogP contribution in [0.5, 0.6) is 0 Å². The first kappa shape index (κ1) is 32.0. The van der Waals surface area contributed by atoms with Gasteiger partial charge in [0.15, 0.2) is 0 Å². The first-order valence-corrected chi connectivity index (χ1v) is 17.8. The van der Waals surface area contributed by atoms with Crippen LogP contribution in [0, 0.1) is 6.08 Å². The van der Waals surface area contributed by atoms with Crippen molar-refractivity contribution in [3.8, 4) is 22.3 Å². The minimum Gasteiger partial charge on any atom is -0.164 e. The molecule has 0 heterocycles. The minimum absolute atomic E-state index is 0. The molecule has 0 amide bonds. The molecule has 0 saturated heterocycles. The fourth-order valence-corrected chi connectivity index (χ4v) is 7.50. The maximum absolute atomic E-state index is 3.72. The molecular formula is C40H42MgSi. The van der Waals surface area contributed by atoms with Crippen LogP contribution in [0.4, 0.5) is 0 Å². The summed E-state index contributed by atoms with van der Waals surface area (Å²) in [6.45, 7) is 9.33. The Balaban J connectivity index is 0.000000190. The second-order valence-corrected chi connectivity index (χ2v) is 13.8. The second-order valence-electron chi connectivity index (χ2n) is 11.3. The van der Waals surface area contributed by atoms with Crippen molar-refractivity contribution in [1.82, 2.24) is 0 Å². The average Bonchev–Trinajstić information content (AvgIpc) is 3.61. The van der Waals surface area contributed by atoms with Gasteiger partial charge in [0.1, 0.15) is 0 Å². The molecule has 0 atom stereocenters. The number of aryl methyl sites for hydroxylation is 1. The van der Waals surface area contributed by atoms with Crippen molar-refractivity contribution < 1.29 is 0 Å². The molecule has 2 heteroatoms. The van der Waals surface area contributed by atoms with Crippen LogP contribution < -0.4 is 0 Å². The number of allylic oxidation sites excluding steroid dienone is 1. The molecule has 0 fully saturated rings. The Morgan fingerprint density at radius 1 is 0.667 bits per heavy atom. The van der Waals surface area contributed by atoms with E-state index >= 15 is 0 Å². The smallest absolute Gasteiger partial charge is 0.164 e. The van der Waals surface area contributed by atoms with E-state index in [0.717, 1.165) is 0 Å². The molecule has 0 radical (unpaired) electrons. The Labute approximate surface area is 271 Å². The fourth-order valence-electron chi connectivity index (χ4n) is 5.94. The van der Waals surface area contributed by atoms with Crippen LogP contribution in [0.3, 0.4) is 0 Å².